The van der Waals surface area contributed by atoms with Crippen LogP contribution in [0.2, 0.25) is 0 Å². The molecule has 2 unspecified atom stereocenters. The van der Waals surface area contributed by atoms with E-state index in [9.17, 15) is 19.0 Å². The summed E-state index contributed by atoms with van der Waals surface area (Å²) in [5.74, 6) is -0.794. The zero-order valence-corrected chi connectivity index (χ0v) is 31.2. The Labute approximate surface area is 282 Å². The third-order valence-corrected chi connectivity index (χ3v) is 9.37. The van der Waals surface area contributed by atoms with Gasteiger partial charge in [-0.1, -0.05) is 149 Å². The molecule has 0 aromatic rings. The van der Waals surface area contributed by atoms with Gasteiger partial charge in [0.2, 0.25) is 0 Å². The van der Waals surface area contributed by atoms with E-state index < -0.39 is 26.5 Å². The van der Waals surface area contributed by atoms with Gasteiger partial charge in [-0.3, -0.25) is 18.6 Å². The van der Waals surface area contributed by atoms with Gasteiger partial charge in [0.1, 0.15) is 6.61 Å². The molecule has 0 spiro atoms. The van der Waals surface area contributed by atoms with Crippen molar-refractivity contribution in [3.63, 3.8) is 0 Å². The third-order valence-electron chi connectivity index (χ3n) is 8.39. The van der Waals surface area contributed by atoms with Crippen LogP contribution < -0.4 is 0 Å². The second-order valence-electron chi connectivity index (χ2n) is 12.9. The van der Waals surface area contributed by atoms with Gasteiger partial charge < -0.3 is 19.3 Å². The lowest BCUT2D eigenvalue weighted by molar-refractivity contribution is -0.161. The first-order valence-corrected chi connectivity index (χ1v) is 20.4. The van der Waals surface area contributed by atoms with Crippen LogP contribution in [0.1, 0.15) is 175 Å². The smallest absolute Gasteiger partial charge is 0.462 e. The molecule has 10 heteroatoms. The molecular weight excluding hydrogens is 605 g/mol. The molecule has 0 heterocycles. The van der Waals surface area contributed by atoms with E-state index in [0.29, 0.717) is 19.4 Å². The highest BCUT2D eigenvalue weighted by atomic mass is 31.2. The summed E-state index contributed by atoms with van der Waals surface area (Å²) in [6, 6.07) is 0. The minimum atomic E-state index is -4.35. The Morgan fingerprint density at radius 2 is 1.02 bits per heavy atom. The van der Waals surface area contributed by atoms with E-state index in [1.165, 1.54) is 103 Å². The number of nitrogens with zero attached hydrogens (tertiary/aromatic N) is 1. The van der Waals surface area contributed by atoms with Crippen molar-refractivity contribution in [1.82, 2.24) is 4.90 Å². The van der Waals surface area contributed by atoms with Gasteiger partial charge in [-0.2, -0.15) is 0 Å². The molecule has 0 amide bonds. The van der Waals surface area contributed by atoms with Crippen molar-refractivity contribution in [2.75, 3.05) is 40.0 Å². The zero-order chi connectivity index (χ0) is 34.1. The summed E-state index contributed by atoms with van der Waals surface area (Å²) < 4.78 is 33.5. The fraction of sp³-hybridized carbons (Fsp3) is 0.944. The quantitative estimate of drug-likeness (QED) is 0.0398. The van der Waals surface area contributed by atoms with Crippen molar-refractivity contribution in [3.8, 4) is 0 Å². The normalized spacial score (nSPS) is 13.5. The predicted octanol–water partition coefficient (Wildman–Crippen LogP) is 9.93. The summed E-state index contributed by atoms with van der Waals surface area (Å²) in [4.78, 5) is 37.0. The molecule has 0 bridgehead atoms. The molecule has 0 aliphatic carbocycles. The summed E-state index contributed by atoms with van der Waals surface area (Å²) >= 11 is 0. The van der Waals surface area contributed by atoms with E-state index in [-0.39, 0.29) is 25.6 Å². The van der Waals surface area contributed by atoms with Gasteiger partial charge in [-0.25, -0.2) is 4.57 Å². The van der Waals surface area contributed by atoms with E-state index in [1.54, 1.807) is 0 Å². The van der Waals surface area contributed by atoms with Crippen molar-refractivity contribution in [1.29, 1.82) is 0 Å². The monoisotopic (exact) mass is 677 g/mol. The first-order chi connectivity index (χ1) is 22.2. The Morgan fingerprint density at radius 3 is 1.46 bits per heavy atom. The number of phosphoric ester groups is 1. The van der Waals surface area contributed by atoms with Gasteiger partial charge >= 0.3 is 19.8 Å². The minimum Gasteiger partial charge on any atom is -0.462 e. The summed E-state index contributed by atoms with van der Waals surface area (Å²) in [5.41, 5.74) is 0. The molecule has 274 valence electrons. The molecule has 0 fully saturated rings. The van der Waals surface area contributed by atoms with Crippen LogP contribution in [0, 0.1) is 0 Å². The van der Waals surface area contributed by atoms with Gasteiger partial charge in [-0.15, -0.1) is 0 Å². The van der Waals surface area contributed by atoms with Crippen molar-refractivity contribution >= 4 is 19.8 Å². The van der Waals surface area contributed by atoms with Crippen molar-refractivity contribution in [2.24, 2.45) is 0 Å². The molecule has 1 N–H and O–H groups in total. The number of hydrogen-bond acceptors (Lipinski definition) is 8. The number of hydrogen-bond donors (Lipinski definition) is 1. The van der Waals surface area contributed by atoms with Crippen LogP contribution in [0.3, 0.4) is 0 Å². The van der Waals surface area contributed by atoms with Crippen LogP contribution in [0.4, 0.5) is 0 Å². The van der Waals surface area contributed by atoms with Crippen molar-refractivity contribution in [2.45, 2.75) is 181 Å². The number of ether oxygens (including phenoxy) is 2. The Kier molecular flexibility index (Phi) is 31.9. The molecule has 46 heavy (non-hydrogen) atoms. The van der Waals surface area contributed by atoms with E-state index in [4.69, 9.17) is 18.5 Å². The van der Waals surface area contributed by atoms with Crippen LogP contribution in [0.5, 0.6) is 0 Å². The fourth-order valence-corrected chi connectivity index (χ4v) is 5.91. The maximum Gasteiger partial charge on any atom is 0.472 e. The van der Waals surface area contributed by atoms with E-state index >= 15 is 0 Å². The lowest BCUT2D eigenvalue weighted by Gasteiger charge is -2.20. The Balaban J connectivity index is 4.42. The number of carbonyl (C=O) groups is 2. The highest BCUT2D eigenvalue weighted by molar-refractivity contribution is 7.47. The Hall–Kier alpha value is -0.990. The van der Waals surface area contributed by atoms with E-state index in [1.807, 2.05) is 18.9 Å². The standard InChI is InChI=1S/C36H72NO8P/c1-5-8-10-12-14-16-18-20-22-24-26-28-35(38)42-32-34(33-44-46(40,41)43-31-30-37(4)7-3)45-36(39)29-27-25-23-21-19-17-15-13-11-9-6-2/h34H,5-33H2,1-4H3,(H,40,41). The second kappa shape index (κ2) is 32.6. The Bertz CT molecular complexity index is 754. The molecular formula is C36H72NO8P. The number of likely N-dealkylation sites (N-methyl/N-ethyl adjacent to an activating group) is 1. The molecule has 0 rings (SSSR count). The van der Waals surface area contributed by atoms with Crippen LogP contribution in [-0.4, -0.2) is 67.8 Å². The first-order valence-electron chi connectivity index (χ1n) is 18.9. The molecule has 0 saturated carbocycles. The van der Waals surface area contributed by atoms with Gasteiger partial charge in [0.25, 0.3) is 0 Å². The van der Waals surface area contributed by atoms with Crippen molar-refractivity contribution in [3.05, 3.63) is 0 Å². The number of unbranched alkanes of at least 4 members (excludes halogenated alkanes) is 20. The third kappa shape index (κ3) is 31.6. The number of carbonyl (C=O) groups excluding carboxylic acids is 2. The molecule has 0 aromatic heterocycles. The van der Waals surface area contributed by atoms with Crippen LogP contribution in [-0.2, 0) is 32.7 Å². The average Bonchev–Trinajstić information content (AvgIpc) is 3.03. The molecule has 2 atom stereocenters. The van der Waals surface area contributed by atoms with Crippen LogP contribution in [0.25, 0.3) is 0 Å². The fourth-order valence-electron chi connectivity index (χ4n) is 5.17. The second-order valence-corrected chi connectivity index (χ2v) is 14.3. The molecule has 0 aliphatic heterocycles. The Morgan fingerprint density at radius 1 is 0.609 bits per heavy atom. The van der Waals surface area contributed by atoms with Gasteiger partial charge in [0.05, 0.1) is 13.2 Å². The SMILES string of the molecule is CCCCCCCCCCCCCC(=O)OCC(COP(=O)(O)OCCN(C)CC)OC(=O)CCCCCCCCCCCCC. The molecule has 0 aromatic carbocycles. The highest BCUT2D eigenvalue weighted by Gasteiger charge is 2.26. The molecule has 0 radical (unpaired) electrons. The number of rotatable bonds is 35. The molecule has 9 nitrogen and oxygen atoms in total. The van der Waals surface area contributed by atoms with Crippen molar-refractivity contribution < 1.29 is 37.6 Å². The van der Waals surface area contributed by atoms with Gasteiger partial charge in [-0.05, 0) is 26.4 Å². The van der Waals surface area contributed by atoms with Gasteiger partial charge in [0.15, 0.2) is 6.10 Å². The maximum atomic E-state index is 12.6. The summed E-state index contributed by atoms with van der Waals surface area (Å²) in [5, 5.41) is 0. The topological polar surface area (TPSA) is 112 Å². The first kappa shape index (κ1) is 45.0. The summed E-state index contributed by atoms with van der Waals surface area (Å²) in [6.45, 7) is 7.10. The van der Waals surface area contributed by atoms with E-state index in [2.05, 4.69) is 13.8 Å². The lowest BCUT2D eigenvalue weighted by atomic mass is 10.1. The van der Waals surface area contributed by atoms with Crippen LogP contribution in [0.15, 0.2) is 0 Å². The number of phosphoric acid groups is 1. The number of esters is 2. The zero-order valence-electron chi connectivity index (χ0n) is 30.3. The predicted molar refractivity (Wildman–Crippen MR) is 188 cm³/mol. The van der Waals surface area contributed by atoms with Crippen LogP contribution >= 0.6 is 7.82 Å². The van der Waals surface area contributed by atoms with Gasteiger partial charge in [0, 0.05) is 19.4 Å². The molecule has 0 saturated heterocycles. The maximum absolute atomic E-state index is 12.6. The summed E-state index contributed by atoms with van der Waals surface area (Å²) in [6.07, 6.45) is 25.7. The lowest BCUT2D eigenvalue weighted by Crippen LogP contribution is -2.29. The van der Waals surface area contributed by atoms with E-state index in [0.717, 1.165) is 38.6 Å². The summed E-state index contributed by atoms with van der Waals surface area (Å²) in [7, 11) is -2.47. The highest BCUT2D eigenvalue weighted by Crippen LogP contribution is 2.43. The minimum absolute atomic E-state index is 0.0232. The molecule has 0 aliphatic rings. The largest absolute Gasteiger partial charge is 0.472 e. The average molecular weight is 678 g/mol.